The van der Waals surface area contributed by atoms with Gasteiger partial charge in [0.15, 0.2) is 0 Å². The number of aryl methyl sites for hydroxylation is 1. The molecule has 0 bridgehead atoms. The first-order chi connectivity index (χ1) is 15.7. The molecular formula is C25H28FNO5S. The molecule has 176 valence electrons. The van der Waals surface area contributed by atoms with Gasteiger partial charge in [0.05, 0.1) is 10.5 Å². The summed E-state index contributed by atoms with van der Waals surface area (Å²) in [6.45, 7) is 4.62. The second-order valence-corrected chi connectivity index (χ2v) is 8.48. The van der Waals surface area contributed by atoms with Crippen molar-refractivity contribution in [3.05, 3.63) is 83.1 Å². The highest BCUT2D eigenvalue weighted by Crippen LogP contribution is 2.18. The molecule has 0 aromatic heterocycles. The minimum absolute atomic E-state index is 0.0460. The maximum absolute atomic E-state index is 12.4. The summed E-state index contributed by atoms with van der Waals surface area (Å²) in [4.78, 5) is 11.1. The van der Waals surface area contributed by atoms with Crippen LogP contribution in [0.3, 0.4) is 0 Å². The number of hydrogen-bond donors (Lipinski definition) is 2. The van der Waals surface area contributed by atoms with Crippen molar-refractivity contribution in [2.45, 2.75) is 32.1 Å². The topological polar surface area (TPSA) is 92.7 Å². The van der Waals surface area contributed by atoms with Gasteiger partial charge in [-0.3, -0.25) is 0 Å². The number of nitrogens with one attached hydrogen (secondary N) is 1. The predicted molar refractivity (Wildman–Crippen MR) is 127 cm³/mol. The standard InChI is InChI=1S/C22H24FNO5S.C3H4/c1-3-18(5-4-13-23)29-19-9-7-17(8-10-19)12-14-24-30(27,28)20-11-6-16(2)21(15-20)22(25)26;1-3-2/h3-11,15,24H,12-14H2,1-2H3,(H,25,26);1H,2H3/b5-4-,18-3+;. The van der Waals surface area contributed by atoms with Gasteiger partial charge in [-0.25, -0.2) is 22.3 Å². The Kier molecular flexibility index (Phi) is 11.6. The van der Waals surface area contributed by atoms with Gasteiger partial charge < -0.3 is 9.84 Å². The molecule has 0 saturated carbocycles. The number of sulfonamides is 1. The summed E-state index contributed by atoms with van der Waals surface area (Å²) < 4.78 is 45.2. The molecule has 8 heteroatoms. The Morgan fingerprint density at radius 3 is 2.42 bits per heavy atom. The molecule has 0 heterocycles. The molecule has 0 spiro atoms. The summed E-state index contributed by atoms with van der Waals surface area (Å²) in [6, 6.07) is 11.1. The largest absolute Gasteiger partial charge is 0.478 e. The van der Waals surface area contributed by atoms with E-state index >= 15 is 0 Å². The van der Waals surface area contributed by atoms with E-state index in [4.69, 9.17) is 9.84 Å². The van der Waals surface area contributed by atoms with Crippen molar-refractivity contribution < 1.29 is 27.4 Å². The lowest BCUT2D eigenvalue weighted by Gasteiger charge is -2.10. The Morgan fingerprint density at radius 2 is 1.88 bits per heavy atom. The first-order valence-electron chi connectivity index (χ1n) is 10.0. The predicted octanol–water partition coefficient (Wildman–Crippen LogP) is 4.66. The average Bonchev–Trinajstić information content (AvgIpc) is 2.78. The Morgan fingerprint density at radius 1 is 1.24 bits per heavy atom. The number of hydrogen-bond acceptors (Lipinski definition) is 4. The van der Waals surface area contributed by atoms with Crippen molar-refractivity contribution in [2.75, 3.05) is 13.2 Å². The smallest absolute Gasteiger partial charge is 0.335 e. The van der Waals surface area contributed by atoms with Gasteiger partial charge in [-0.1, -0.05) is 24.3 Å². The van der Waals surface area contributed by atoms with Gasteiger partial charge in [0, 0.05) is 6.54 Å². The van der Waals surface area contributed by atoms with Gasteiger partial charge in [-0.05, 0) is 74.7 Å². The van der Waals surface area contributed by atoms with E-state index in [0.717, 1.165) is 11.6 Å². The summed E-state index contributed by atoms with van der Waals surface area (Å²) in [7, 11) is -3.82. The molecule has 0 aliphatic rings. The van der Waals surface area contributed by atoms with Crippen LogP contribution in [0.2, 0.25) is 0 Å². The minimum Gasteiger partial charge on any atom is -0.478 e. The van der Waals surface area contributed by atoms with Crippen LogP contribution in [0, 0.1) is 19.3 Å². The third-order valence-corrected chi connectivity index (χ3v) is 5.73. The zero-order valence-electron chi connectivity index (χ0n) is 18.8. The summed E-state index contributed by atoms with van der Waals surface area (Å²) in [5.74, 6) is 2.18. The lowest BCUT2D eigenvalue weighted by molar-refractivity contribution is 0.0696. The highest BCUT2D eigenvalue weighted by molar-refractivity contribution is 7.89. The average molecular weight is 474 g/mol. The molecular weight excluding hydrogens is 445 g/mol. The lowest BCUT2D eigenvalue weighted by Crippen LogP contribution is -2.26. The van der Waals surface area contributed by atoms with E-state index in [2.05, 4.69) is 17.1 Å². The van der Waals surface area contributed by atoms with Gasteiger partial charge in [0.2, 0.25) is 10.0 Å². The molecule has 0 fully saturated rings. The molecule has 0 aliphatic heterocycles. The van der Waals surface area contributed by atoms with Crippen molar-refractivity contribution in [3.8, 4) is 18.1 Å². The first kappa shape index (κ1) is 27.6. The van der Waals surface area contributed by atoms with Crippen molar-refractivity contribution in [1.29, 1.82) is 0 Å². The zero-order valence-corrected chi connectivity index (χ0v) is 19.7. The van der Waals surface area contributed by atoms with Crippen molar-refractivity contribution >= 4 is 16.0 Å². The molecule has 0 saturated heterocycles. The van der Waals surface area contributed by atoms with Crippen LogP contribution in [-0.4, -0.2) is 32.7 Å². The summed E-state index contributed by atoms with van der Waals surface area (Å²) in [5.41, 5.74) is 1.34. The van der Waals surface area contributed by atoms with E-state index in [9.17, 15) is 17.6 Å². The van der Waals surface area contributed by atoms with Gasteiger partial charge >= 0.3 is 5.97 Å². The van der Waals surface area contributed by atoms with Gasteiger partial charge in [0.1, 0.15) is 18.2 Å². The molecule has 6 nitrogen and oxygen atoms in total. The fraction of sp³-hybridized carbons (Fsp3) is 0.240. The quantitative estimate of drug-likeness (QED) is 0.297. The normalized spacial score (nSPS) is 11.4. The van der Waals surface area contributed by atoms with Crippen LogP contribution >= 0.6 is 0 Å². The van der Waals surface area contributed by atoms with E-state index in [1.165, 1.54) is 18.2 Å². The molecule has 0 amide bonds. The molecule has 33 heavy (non-hydrogen) atoms. The third kappa shape index (κ3) is 9.31. The number of allylic oxidation sites excluding steroid dienone is 3. The summed E-state index contributed by atoms with van der Waals surface area (Å²) >= 11 is 0. The highest BCUT2D eigenvalue weighted by Gasteiger charge is 2.17. The van der Waals surface area contributed by atoms with E-state index in [-0.39, 0.29) is 17.0 Å². The molecule has 2 aromatic carbocycles. The zero-order chi connectivity index (χ0) is 24.9. The lowest BCUT2D eigenvalue weighted by atomic mass is 10.1. The van der Waals surface area contributed by atoms with Crippen LogP contribution in [0.1, 0.15) is 35.3 Å². The number of carbonyl (C=O) groups is 1. The molecule has 2 aromatic rings. The van der Waals surface area contributed by atoms with Crippen LogP contribution in [0.5, 0.6) is 5.75 Å². The number of aromatic carboxylic acids is 1. The Bertz CT molecular complexity index is 1130. The SMILES string of the molecule is C#CC.C/C=C(\C=C/CF)Oc1ccc(CCNS(=O)(=O)c2ccc(C)c(C(=O)O)c2)cc1. The van der Waals surface area contributed by atoms with Gasteiger partial charge in [-0.2, -0.15) is 0 Å². The highest BCUT2D eigenvalue weighted by atomic mass is 32.2. The fourth-order valence-corrected chi connectivity index (χ4v) is 3.68. The number of ether oxygens (including phenoxy) is 1. The van der Waals surface area contributed by atoms with Crippen molar-refractivity contribution in [2.24, 2.45) is 0 Å². The Balaban J connectivity index is 0.00000172. The molecule has 2 rings (SSSR count). The monoisotopic (exact) mass is 473 g/mol. The van der Waals surface area contributed by atoms with Crippen LogP contribution < -0.4 is 9.46 Å². The van der Waals surface area contributed by atoms with E-state index in [1.807, 2.05) is 12.1 Å². The number of terminal acetylenes is 1. The number of rotatable bonds is 10. The molecule has 2 N–H and O–H groups in total. The maximum Gasteiger partial charge on any atom is 0.335 e. The van der Waals surface area contributed by atoms with Crippen LogP contribution in [0.15, 0.2) is 71.3 Å². The first-order valence-corrected chi connectivity index (χ1v) is 11.5. The fourth-order valence-electron chi connectivity index (χ4n) is 2.62. The molecule has 0 aliphatic carbocycles. The Hall–Kier alpha value is -3.41. The van der Waals surface area contributed by atoms with Crippen LogP contribution in [-0.2, 0) is 16.4 Å². The molecule has 0 atom stereocenters. The molecule has 0 unspecified atom stereocenters. The second-order valence-electron chi connectivity index (χ2n) is 6.71. The number of benzene rings is 2. The second kappa shape index (κ2) is 13.9. The van der Waals surface area contributed by atoms with Crippen LogP contribution in [0.4, 0.5) is 4.39 Å². The third-order valence-electron chi connectivity index (χ3n) is 4.27. The molecule has 0 radical (unpaired) electrons. The summed E-state index contributed by atoms with van der Waals surface area (Å²) in [6.07, 6.45) is 9.65. The van der Waals surface area contributed by atoms with Gasteiger partial charge in [-0.15, -0.1) is 12.3 Å². The van der Waals surface area contributed by atoms with Crippen molar-refractivity contribution in [3.63, 3.8) is 0 Å². The number of carboxylic acid groups (broad SMARTS) is 1. The number of alkyl halides is 1. The number of halogens is 1. The summed E-state index contributed by atoms with van der Waals surface area (Å²) in [5, 5.41) is 9.17. The van der Waals surface area contributed by atoms with Crippen molar-refractivity contribution in [1.82, 2.24) is 4.72 Å². The van der Waals surface area contributed by atoms with Gasteiger partial charge in [0.25, 0.3) is 0 Å². The van der Waals surface area contributed by atoms with Crippen LogP contribution in [0.25, 0.3) is 0 Å². The van der Waals surface area contributed by atoms with E-state index in [1.54, 1.807) is 45.1 Å². The maximum atomic E-state index is 12.4. The number of carboxylic acids is 1. The minimum atomic E-state index is -3.82. The Labute approximate surface area is 194 Å². The van der Waals surface area contributed by atoms with E-state index in [0.29, 0.717) is 23.5 Å². The van der Waals surface area contributed by atoms with E-state index < -0.39 is 22.7 Å².